The lowest BCUT2D eigenvalue weighted by molar-refractivity contribution is 0.0205. The number of rotatable bonds is 6. The molecule has 6 nitrogen and oxygen atoms in total. The second-order valence-corrected chi connectivity index (χ2v) is 10.1. The van der Waals surface area contributed by atoms with Gasteiger partial charge in [-0.05, 0) is 55.6 Å². The van der Waals surface area contributed by atoms with Crippen LogP contribution < -0.4 is 0 Å². The van der Waals surface area contributed by atoms with E-state index in [0.29, 0.717) is 18.2 Å². The van der Waals surface area contributed by atoms with Crippen molar-refractivity contribution < 1.29 is 14.3 Å². The van der Waals surface area contributed by atoms with Gasteiger partial charge in [-0.15, -0.1) is 0 Å². The Hall–Kier alpha value is -1.73. The molecule has 0 radical (unpaired) electrons. The van der Waals surface area contributed by atoms with Crippen LogP contribution in [0.25, 0.3) is 0 Å². The molecule has 4 aliphatic rings. The Morgan fingerprint density at radius 2 is 1.76 bits per heavy atom. The zero-order chi connectivity index (χ0) is 22.8. The first-order chi connectivity index (χ1) is 16.1. The molecule has 3 heterocycles. The Kier molecular flexibility index (Phi) is 7.16. The summed E-state index contributed by atoms with van der Waals surface area (Å²) < 4.78 is 11.7. The van der Waals surface area contributed by atoms with Crippen molar-refractivity contribution in [2.24, 2.45) is 0 Å². The van der Waals surface area contributed by atoms with Crippen molar-refractivity contribution in [3.63, 3.8) is 0 Å². The van der Waals surface area contributed by atoms with Crippen LogP contribution in [-0.4, -0.2) is 85.7 Å². The summed E-state index contributed by atoms with van der Waals surface area (Å²) in [7, 11) is 0. The number of allylic oxidation sites excluding steroid dienone is 1. The van der Waals surface area contributed by atoms with E-state index in [1.54, 1.807) is 0 Å². The van der Waals surface area contributed by atoms with E-state index in [4.69, 9.17) is 32.7 Å². The van der Waals surface area contributed by atoms with Gasteiger partial charge in [-0.25, -0.2) is 0 Å². The number of piperazine rings is 1. The minimum absolute atomic E-state index is 0.143. The first-order valence-corrected chi connectivity index (χ1v) is 12.7. The zero-order valence-corrected chi connectivity index (χ0v) is 20.4. The highest BCUT2D eigenvalue weighted by Crippen LogP contribution is 2.33. The molecule has 3 aliphatic heterocycles. The van der Waals surface area contributed by atoms with Gasteiger partial charge in [0.2, 0.25) is 0 Å². The summed E-state index contributed by atoms with van der Waals surface area (Å²) in [6.45, 7) is 7.95. The van der Waals surface area contributed by atoms with Gasteiger partial charge in [-0.1, -0.05) is 23.2 Å². The van der Waals surface area contributed by atoms with Gasteiger partial charge in [0, 0.05) is 61.3 Å². The predicted molar refractivity (Wildman–Crippen MR) is 130 cm³/mol. The highest BCUT2D eigenvalue weighted by atomic mass is 35.5. The van der Waals surface area contributed by atoms with E-state index in [1.807, 2.05) is 29.2 Å². The molecule has 1 unspecified atom stereocenters. The van der Waals surface area contributed by atoms with Gasteiger partial charge >= 0.3 is 0 Å². The summed E-state index contributed by atoms with van der Waals surface area (Å²) in [6.07, 6.45) is 5.71. The van der Waals surface area contributed by atoms with Crippen molar-refractivity contribution in [3.05, 3.63) is 57.0 Å². The number of carbonyl (C=O) groups excluding carboxylic acids is 1. The van der Waals surface area contributed by atoms with E-state index in [9.17, 15) is 4.79 Å². The highest BCUT2D eigenvalue weighted by Gasteiger charge is 2.34. The van der Waals surface area contributed by atoms with Crippen molar-refractivity contribution >= 4 is 29.1 Å². The first kappa shape index (κ1) is 23.0. The van der Waals surface area contributed by atoms with Gasteiger partial charge in [0.15, 0.2) is 11.5 Å². The van der Waals surface area contributed by atoms with Crippen molar-refractivity contribution in [1.29, 1.82) is 0 Å². The van der Waals surface area contributed by atoms with E-state index >= 15 is 0 Å². The number of hydrogen-bond acceptors (Lipinski definition) is 5. The molecular weight excluding hydrogens is 461 g/mol. The third-order valence-electron chi connectivity index (χ3n) is 7.06. The van der Waals surface area contributed by atoms with Crippen molar-refractivity contribution in [3.8, 4) is 0 Å². The largest absolute Gasteiger partial charge is 0.489 e. The number of ether oxygens (including phenoxy) is 2. The average molecular weight is 492 g/mol. The molecule has 8 heteroatoms. The van der Waals surface area contributed by atoms with Gasteiger partial charge in [0.1, 0.15) is 13.2 Å². The lowest BCUT2D eigenvalue weighted by Gasteiger charge is -2.41. The van der Waals surface area contributed by atoms with E-state index in [2.05, 4.69) is 9.80 Å². The molecule has 0 bridgehead atoms. The predicted octanol–water partition coefficient (Wildman–Crippen LogP) is 3.89. The van der Waals surface area contributed by atoms with Crippen LogP contribution in [0.2, 0.25) is 5.02 Å². The smallest absolute Gasteiger partial charge is 0.254 e. The summed E-state index contributed by atoms with van der Waals surface area (Å²) in [4.78, 5) is 19.8. The summed E-state index contributed by atoms with van der Waals surface area (Å²) in [5, 5.41) is 1.54. The fourth-order valence-electron chi connectivity index (χ4n) is 5.25. The van der Waals surface area contributed by atoms with Gasteiger partial charge in [0.25, 0.3) is 5.91 Å². The van der Waals surface area contributed by atoms with Crippen LogP contribution in [0.3, 0.4) is 0 Å². The SMILES string of the molecule is O=C1c2ccc(Cl)cc2CCN1CCCCN1CCN(C2CC(Cl)=CC3=C2OCCO3)CC1. The topological polar surface area (TPSA) is 45.3 Å². The molecule has 1 aromatic rings. The normalized spacial score (nSPS) is 24.1. The van der Waals surface area contributed by atoms with Crippen molar-refractivity contribution in [2.45, 2.75) is 31.7 Å². The summed E-state index contributed by atoms with van der Waals surface area (Å²) >= 11 is 12.5. The molecule has 0 spiro atoms. The maximum atomic E-state index is 12.8. The van der Waals surface area contributed by atoms with E-state index in [0.717, 1.165) is 99.2 Å². The molecule has 1 atom stereocenters. The quantitative estimate of drug-likeness (QED) is 0.564. The standard InChI is InChI=1S/C25H31Cl2N3O3/c26-19-3-4-21-18(15-19)5-8-30(25(21)31)7-2-1-6-28-9-11-29(12-10-28)22-16-20(27)17-23-24(22)33-14-13-32-23/h3-4,15,17,22H,1-2,5-14,16H2. The lowest BCUT2D eigenvalue weighted by atomic mass is 9.99. The van der Waals surface area contributed by atoms with Gasteiger partial charge in [-0.2, -0.15) is 0 Å². The highest BCUT2D eigenvalue weighted by molar-refractivity contribution is 6.30. The fraction of sp³-hybridized carbons (Fsp3) is 0.560. The number of nitrogens with zero attached hydrogens (tertiary/aromatic N) is 3. The average Bonchev–Trinajstić information content (AvgIpc) is 2.83. The van der Waals surface area contributed by atoms with Gasteiger partial charge < -0.3 is 19.3 Å². The number of halogens is 2. The maximum Gasteiger partial charge on any atom is 0.254 e. The monoisotopic (exact) mass is 491 g/mol. The molecule has 1 aromatic carbocycles. The second-order valence-electron chi connectivity index (χ2n) is 9.16. The Balaban J connectivity index is 1.05. The molecule has 5 rings (SSSR count). The molecule has 0 N–H and O–H groups in total. The van der Waals surface area contributed by atoms with Crippen LogP contribution >= 0.6 is 23.2 Å². The van der Waals surface area contributed by atoms with Crippen LogP contribution in [0.15, 0.2) is 40.8 Å². The van der Waals surface area contributed by atoms with Crippen LogP contribution in [0.1, 0.15) is 35.2 Å². The Morgan fingerprint density at radius 3 is 2.61 bits per heavy atom. The molecule has 0 aromatic heterocycles. The fourth-order valence-corrected chi connectivity index (χ4v) is 5.69. The van der Waals surface area contributed by atoms with Crippen LogP contribution in [0.4, 0.5) is 0 Å². The summed E-state index contributed by atoms with van der Waals surface area (Å²) in [5.41, 5.74) is 1.88. The number of fused-ring (bicyclic) bond motifs is 1. The number of hydrogen-bond donors (Lipinski definition) is 0. The number of benzene rings is 1. The summed E-state index contributed by atoms with van der Waals surface area (Å²) in [5.74, 6) is 1.90. The second kappa shape index (κ2) is 10.3. The Labute approximate surface area is 205 Å². The first-order valence-electron chi connectivity index (χ1n) is 12.0. The third-order valence-corrected chi connectivity index (χ3v) is 7.55. The molecule has 1 aliphatic carbocycles. The number of unbranched alkanes of at least 4 members (excludes halogenated alkanes) is 1. The van der Waals surface area contributed by atoms with E-state index in [-0.39, 0.29) is 11.9 Å². The molecule has 1 saturated heterocycles. The van der Waals surface area contributed by atoms with Crippen molar-refractivity contribution in [2.75, 3.05) is 59.0 Å². The molecule has 1 fully saturated rings. The van der Waals surface area contributed by atoms with Crippen LogP contribution in [-0.2, 0) is 15.9 Å². The zero-order valence-electron chi connectivity index (χ0n) is 18.9. The van der Waals surface area contributed by atoms with Crippen molar-refractivity contribution in [1.82, 2.24) is 14.7 Å². The van der Waals surface area contributed by atoms with Crippen LogP contribution in [0.5, 0.6) is 0 Å². The Morgan fingerprint density at radius 1 is 0.970 bits per heavy atom. The number of amides is 1. The van der Waals surface area contributed by atoms with Gasteiger partial charge in [0.05, 0.1) is 6.04 Å². The molecule has 33 heavy (non-hydrogen) atoms. The number of carbonyl (C=O) groups is 1. The molecule has 0 saturated carbocycles. The van der Waals surface area contributed by atoms with Gasteiger partial charge in [-0.3, -0.25) is 9.69 Å². The molecule has 178 valence electrons. The molecular formula is C25H31Cl2N3O3. The molecule has 1 amide bonds. The third kappa shape index (κ3) is 5.19. The summed E-state index contributed by atoms with van der Waals surface area (Å²) in [6, 6.07) is 5.78. The lowest BCUT2D eigenvalue weighted by Crippen LogP contribution is -2.52. The van der Waals surface area contributed by atoms with Crippen LogP contribution in [0, 0.1) is 0 Å². The minimum Gasteiger partial charge on any atom is -0.489 e. The maximum absolute atomic E-state index is 12.8. The van der Waals surface area contributed by atoms with E-state index < -0.39 is 0 Å². The van der Waals surface area contributed by atoms with E-state index in [1.165, 1.54) is 0 Å². The Bertz CT molecular complexity index is 956. The minimum atomic E-state index is 0.143.